The van der Waals surface area contributed by atoms with Crippen molar-refractivity contribution < 1.29 is 4.79 Å². The van der Waals surface area contributed by atoms with Gasteiger partial charge in [0.2, 0.25) is 5.91 Å². The van der Waals surface area contributed by atoms with Crippen molar-refractivity contribution in [3.05, 3.63) is 40.7 Å². The van der Waals surface area contributed by atoms with Crippen molar-refractivity contribution >= 4 is 34.5 Å². The van der Waals surface area contributed by atoms with Crippen LogP contribution in [-0.2, 0) is 4.79 Å². The number of amides is 1. The molecule has 1 amide bonds. The Bertz CT molecular complexity index is 805. The molecule has 23 heavy (non-hydrogen) atoms. The van der Waals surface area contributed by atoms with E-state index in [2.05, 4.69) is 11.4 Å². The summed E-state index contributed by atoms with van der Waals surface area (Å²) in [5, 5.41) is 14.9. The van der Waals surface area contributed by atoms with E-state index in [4.69, 9.17) is 17.2 Å². The molecule has 2 atom stereocenters. The maximum Gasteiger partial charge on any atom is 0.242 e. The van der Waals surface area contributed by atoms with Gasteiger partial charge in [0.1, 0.15) is 10.9 Å². The van der Waals surface area contributed by atoms with Gasteiger partial charge in [-0.2, -0.15) is 5.26 Å². The Morgan fingerprint density at radius 3 is 2.70 bits per heavy atom. The van der Waals surface area contributed by atoms with Crippen molar-refractivity contribution in [3.63, 3.8) is 0 Å². The Hall–Kier alpha value is -2.10. The summed E-state index contributed by atoms with van der Waals surface area (Å²) in [6.45, 7) is 3.81. The van der Waals surface area contributed by atoms with Gasteiger partial charge in [0, 0.05) is 16.4 Å². The molecule has 4 nitrogen and oxygen atoms in total. The second-order valence-corrected chi connectivity index (χ2v) is 7.44. The summed E-state index contributed by atoms with van der Waals surface area (Å²) < 4.78 is 0. The Balaban J connectivity index is 2.01. The molecule has 0 radical (unpaired) electrons. The van der Waals surface area contributed by atoms with E-state index in [1.807, 2.05) is 49.6 Å². The fourth-order valence-electron chi connectivity index (χ4n) is 2.93. The molecule has 1 saturated heterocycles. The summed E-state index contributed by atoms with van der Waals surface area (Å²) in [6.07, 6.45) is 0. The number of rotatable bonds is 2. The summed E-state index contributed by atoms with van der Waals surface area (Å²) in [6, 6.07) is 12.0. The summed E-state index contributed by atoms with van der Waals surface area (Å²) in [5.41, 5.74) is 1.32. The number of nitrogens with one attached hydrogen (secondary N) is 1. The van der Waals surface area contributed by atoms with Gasteiger partial charge in [-0.05, 0) is 0 Å². The SMILES string of the molecule is CC1(C)C(C#N)C(=O)NC(=S)C1c1nc(-c2ccccc2)cs1. The lowest BCUT2D eigenvalue weighted by Crippen LogP contribution is -2.53. The Morgan fingerprint density at radius 1 is 1.35 bits per heavy atom. The van der Waals surface area contributed by atoms with E-state index < -0.39 is 11.3 Å². The minimum absolute atomic E-state index is 0.248. The maximum atomic E-state index is 12.0. The van der Waals surface area contributed by atoms with Gasteiger partial charge in [-0.25, -0.2) is 4.98 Å². The van der Waals surface area contributed by atoms with Gasteiger partial charge in [0.05, 0.1) is 22.7 Å². The highest BCUT2D eigenvalue weighted by Gasteiger charge is 2.50. The normalized spacial score (nSPS) is 23.2. The van der Waals surface area contributed by atoms with Crippen molar-refractivity contribution in [3.8, 4) is 17.3 Å². The lowest BCUT2D eigenvalue weighted by molar-refractivity contribution is -0.126. The summed E-state index contributed by atoms with van der Waals surface area (Å²) >= 11 is 6.90. The summed E-state index contributed by atoms with van der Waals surface area (Å²) in [5.74, 6) is -1.32. The average molecular weight is 341 g/mol. The molecule has 1 fully saturated rings. The quantitative estimate of drug-likeness (QED) is 0.849. The molecule has 0 bridgehead atoms. The largest absolute Gasteiger partial charge is 0.319 e. The van der Waals surface area contributed by atoms with Crippen LogP contribution in [0, 0.1) is 22.7 Å². The molecule has 1 N–H and O–H groups in total. The van der Waals surface area contributed by atoms with Crippen LogP contribution in [0.15, 0.2) is 35.7 Å². The van der Waals surface area contributed by atoms with Crippen LogP contribution >= 0.6 is 23.6 Å². The van der Waals surface area contributed by atoms with Crippen molar-refractivity contribution in [1.29, 1.82) is 5.26 Å². The second-order valence-electron chi connectivity index (χ2n) is 6.11. The third kappa shape index (κ3) is 2.67. The zero-order chi connectivity index (χ0) is 16.6. The third-order valence-corrected chi connectivity index (χ3v) is 5.47. The zero-order valence-electron chi connectivity index (χ0n) is 12.7. The monoisotopic (exact) mass is 341 g/mol. The van der Waals surface area contributed by atoms with E-state index in [1.165, 1.54) is 11.3 Å². The van der Waals surface area contributed by atoms with Crippen LogP contribution in [0.2, 0.25) is 0 Å². The topological polar surface area (TPSA) is 65.8 Å². The molecule has 6 heteroatoms. The van der Waals surface area contributed by atoms with Crippen LogP contribution in [0.3, 0.4) is 0 Å². The van der Waals surface area contributed by atoms with Gasteiger partial charge in [0.25, 0.3) is 0 Å². The van der Waals surface area contributed by atoms with Crippen LogP contribution in [0.1, 0.15) is 24.8 Å². The van der Waals surface area contributed by atoms with Crippen LogP contribution in [-0.4, -0.2) is 15.9 Å². The highest BCUT2D eigenvalue weighted by Crippen LogP contribution is 2.46. The zero-order valence-corrected chi connectivity index (χ0v) is 14.4. The lowest BCUT2D eigenvalue weighted by atomic mass is 9.67. The van der Waals surface area contributed by atoms with E-state index in [0.29, 0.717) is 4.99 Å². The lowest BCUT2D eigenvalue weighted by Gasteiger charge is -2.40. The van der Waals surface area contributed by atoms with Crippen LogP contribution in [0.4, 0.5) is 0 Å². The molecule has 2 unspecified atom stereocenters. The number of hydrogen-bond acceptors (Lipinski definition) is 5. The van der Waals surface area contributed by atoms with E-state index in [9.17, 15) is 10.1 Å². The van der Waals surface area contributed by atoms with E-state index in [-0.39, 0.29) is 11.8 Å². The predicted molar refractivity (Wildman–Crippen MR) is 93.9 cm³/mol. The van der Waals surface area contributed by atoms with Crippen molar-refractivity contribution in [1.82, 2.24) is 10.3 Å². The maximum absolute atomic E-state index is 12.0. The number of nitriles is 1. The fraction of sp³-hybridized carbons (Fsp3) is 0.294. The Labute approximate surface area is 144 Å². The molecular formula is C17H15N3OS2. The molecule has 116 valence electrons. The van der Waals surface area contributed by atoms with E-state index >= 15 is 0 Å². The van der Waals surface area contributed by atoms with Crippen LogP contribution < -0.4 is 5.32 Å². The first-order valence-electron chi connectivity index (χ1n) is 7.20. The molecular weight excluding hydrogens is 326 g/mol. The van der Waals surface area contributed by atoms with Gasteiger partial charge in [-0.1, -0.05) is 56.4 Å². The van der Waals surface area contributed by atoms with Crippen molar-refractivity contribution in [2.24, 2.45) is 11.3 Å². The minimum Gasteiger partial charge on any atom is -0.319 e. The molecule has 2 aromatic rings. The number of carbonyl (C=O) groups is 1. The number of hydrogen-bond donors (Lipinski definition) is 1. The predicted octanol–water partition coefficient (Wildman–Crippen LogP) is 3.52. The number of thiocarbonyl (C=S) groups is 1. The van der Waals surface area contributed by atoms with Crippen LogP contribution in [0.5, 0.6) is 0 Å². The van der Waals surface area contributed by atoms with Crippen molar-refractivity contribution in [2.45, 2.75) is 19.8 Å². The highest BCUT2D eigenvalue weighted by atomic mass is 32.1. The molecule has 1 aromatic heterocycles. The van der Waals surface area contributed by atoms with Gasteiger partial charge < -0.3 is 5.32 Å². The first-order valence-corrected chi connectivity index (χ1v) is 8.49. The van der Waals surface area contributed by atoms with E-state index in [0.717, 1.165) is 16.3 Å². The molecule has 0 aliphatic carbocycles. The first-order chi connectivity index (χ1) is 10.9. The number of nitrogens with zero attached hydrogens (tertiary/aromatic N) is 2. The molecule has 1 aromatic carbocycles. The van der Waals surface area contributed by atoms with Crippen molar-refractivity contribution in [2.75, 3.05) is 0 Å². The first kappa shape index (κ1) is 15.8. The summed E-state index contributed by atoms with van der Waals surface area (Å²) in [4.78, 5) is 17.2. The number of carbonyl (C=O) groups excluding carboxylic acids is 1. The molecule has 1 aliphatic heterocycles. The number of benzene rings is 1. The minimum atomic E-state index is -0.747. The smallest absolute Gasteiger partial charge is 0.242 e. The fourth-order valence-corrected chi connectivity index (χ4v) is 4.65. The van der Waals surface area contributed by atoms with Gasteiger partial charge in [-0.3, -0.25) is 4.79 Å². The highest BCUT2D eigenvalue weighted by molar-refractivity contribution is 7.80. The summed E-state index contributed by atoms with van der Waals surface area (Å²) in [7, 11) is 0. The second kappa shape index (κ2) is 5.84. The number of piperidine rings is 1. The molecule has 2 heterocycles. The Morgan fingerprint density at radius 2 is 2.04 bits per heavy atom. The van der Waals surface area contributed by atoms with Crippen LogP contribution in [0.25, 0.3) is 11.3 Å². The van der Waals surface area contributed by atoms with Gasteiger partial charge in [-0.15, -0.1) is 11.3 Å². The third-order valence-electron chi connectivity index (χ3n) is 4.23. The molecule has 0 spiro atoms. The number of aromatic nitrogens is 1. The van der Waals surface area contributed by atoms with E-state index in [1.54, 1.807) is 0 Å². The Kier molecular flexibility index (Phi) is 4.00. The standard InChI is InChI=1S/C17H15N3OS2/c1-17(2)11(8-18)14(21)20-15(22)13(17)16-19-12(9-23-16)10-6-4-3-5-7-10/h3-7,9,11,13H,1-2H3,(H,20,21,22). The van der Waals surface area contributed by atoms with Gasteiger partial charge >= 0.3 is 0 Å². The van der Waals surface area contributed by atoms with Gasteiger partial charge in [0.15, 0.2) is 0 Å². The number of thiazole rings is 1. The molecule has 0 saturated carbocycles. The molecule has 1 aliphatic rings. The average Bonchev–Trinajstić information content (AvgIpc) is 2.96. The molecule has 3 rings (SSSR count).